The van der Waals surface area contributed by atoms with Crippen molar-refractivity contribution in [1.82, 2.24) is 15.3 Å². The van der Waals surface area contributed by atoms with E-state index in [1.54, 1.807) is 6.07 Å². The van der Waals surface area contributed by atoms with Crippen molar-refractivity contribution in [2.45, 2.75) is 25.0 Å². The SMILES string of the molecule is O=C(N[C@H]1CN(c2cc(Cl)ncn2)CC[C@@H]1c1cc(F)c(F)cc1F)OCc1ccccc1. The van der Waals surface area contributed by atoms with Gasteiger partial charge >= 0.3 is 6.09 Å². The van der Waals surface area contributed by atoms with Crippen molar-refractivity contribution in [3.8, 4) is 0 Å². The number of halogens is 4. The number of rotatable bonds is 5. The number of carbonyl (C=O) groups excluding carboxylic acids is 1. The third kappa shape index (κ3) is 5.54. The normalized spacial score (nSPS) is 18.1. The molecule has 1 aromatic heterocycles. The molecule has 1 N–H and O–H groups in total. The monoisotopic (exact) mass is 476 g/mol. The van der Waals surface area contributed by atoms with E-state index >= 15 is 0 Å². The Morgan fingerprint density at radius 1 is 1.09 bits per heavy atom. The molecule has 3 aromatic rings. The summed E-state index contributed by atoms with van der Waals surface area (Å²) in [5, 5.41) is 3.00. The molecule has 2 heterocycles. The topological polar surface area (TPSA) is 67.4 Å². The van der Waals surface area contributed by atoms with Crippen LogP contribution in [0.5, 0.6) is 0 Å². The molecule has 10 heteroatoms. The zero-order valence-electron chi connectivity index (χ0n) is 17.3. The van der Waals surface area contributed by atoms with Crippen LogP contribution in [-0.4, -0.2) is 35.2 Å². The molecule has 4 rings (SSSR count). The number of anilines is 1. The number of nitrogens with zero attached hydrogens (tertiary/aromatic N) is 3. The van der Waals surface area contributed by atoms with Crippen LogP contribution in [0.2, 0.25) is 5.15 Å². The van der Waals surface area contributed by atoms with E-state index in [1.807, 2.05) is 35.2 Å². The number of hydrogen-bond donors (Lipinski definition) is 1. The quantitative estimate of drug-likeness (QED) is 0.422. The van der Waals surface area contributed by atoms with E-state index in [0.29, 0.717) is 24.8 Å². The lowest BCUT2D eigenvalue weighted by Gasteiger charge is -2.39. The number of amides is 1. The van der Waals surface area contributed by atoms with Crippen molar-refractivity contribution >= 4 is 23.5 Å². The van der Waals surface area contributed by atoms with Gasteiger partial charge in [0.1, 0.15) is 29.7 Å². The summed E-state index contributed by atoms with van der Waals surface area (Å²) in [6.45, 7) is 0.694. The molecule has 1 aliphatic heterocycles. The molecule has 1 fully saturated rings. The predicted molar refractivity (Wildman–Crippen MR) is 116 cm³/mol. The maximum atomic E-state index is 14.6. The fourth-order valence-corrected chi connectivity index (χ4v) is 4.06. The Morgan fingerprint density at radius 2 is 1.85 bits per heavy atom. The largest absolute Gasteiger partial charge is 0.445 e. The summed E-state index contributed by atoms with van der Waals surface area (Å²) in [7, 11) is 0. The number of ether oxygens (including phenoxy) is 1. The van der Waals surface area contributed by atoms with Gasteiger partial charge in [-0.3, -0.25) is 0 Å². The molecule has 6 nitrogen and oxygen atoms in total. The smallest absolute Gasteiger partial charge is 0.407 e. The Bertz CT molecular complexity index is 1140. The molecule has 0 spiro atoms. The van der Waals surface area contributed by atoms with E-state index in [0.717, 1.165) is 11.6 Å². The third-order valence-electron chi connectivity index (χ3n) is 5.51. The van der Waals surface area contributed by atoms with Crippen LogP contribution in [0.4, 0.5) is 23.8 Å². The zero-order chi connectivity index (χ0) is 23.4. The molecule has 2 atom stereocenters. The third-order valence-corrected chi connectivity index (χ3v) is 5.72. The van der Waals surface area contributed by atoms with Crippen LogP contribution in [-0.2, 0) is 11.3 Å². The lowest BCUT2D eigenvalue weighted by Crippen LogP contribution is -2.52. The molecule has 1 saturated heterocycles. The molecular weight excluding hydrogens is 457 g/mol. The molecule has 0 bridgehead atoms. The average molecular weight is 477 g/mol. The van der Waals surface area contributed by atoms with E-state index in [2.05, 4.69) is 15.3 Å². The van der Waals surface area contributed by atoms with Gasteiger partial charge in [-0.25, -0.2) is 27.9 Å². The summed E-state index contributed by atoms with van der Waals surface area (Å²) < 4.78 is 47.3. The van der Waals surface area contributed by atoms with Crippen LogP contribution in [0.25, 0.3) is 0 Å². The summed E-state index contributed by atoms with van der Waals surface area (Å²) in [6.07, 6.45) is 0.946. The number of carbonyl (C=O) groups is 1. The van der Waals surface area contributed by atoms with Gasteiger partial charge in [0.15, 0.2) is 11.6 Å². The second-order valence-electron chi connectivity index (χ2n) is 7.64. The number of alkyl carbamates (subject to hydrolysis) is 1. The summed E-state index contributed by atoms with van der Waals surface area (Å²) in [5.74, 6) is -3.37. The van der Waals surface area contributed by atoms with Crippen LogP contribution in [0.15, 0.2) is 54.9 Å². The van der Waals surface area contributed by atoms with Crippen molar-refractivity contribution in [3.63, 3.8) is 0 Å². The first-order chi connectivity index (χ1) is 15.9. The highest BCUT2D eigenvalue weighted by Crippen LogP contribution is 2.33. The van der Waals surface area contributed by atoms with E-state index in [1.165, 1.54) is 6.33 Å². The molecule has 0 saturated carbocycles. The molecule has 172 valence electrons. The number of nitrogens with one attached hydrogen (secondary N) is 1. The molecule has 2 aromatic carbocycles. The highest BCUT2D eigenvalue weighted by atomic mass is 35.5. The minimum absolute atomic E-state index is 0.0115. The van der Waals surface area contributed by atoms with Gasteiger partial charge in [-0.15, -0.1) is 0 Å². The van der Waals surface area contributed by atoms with Gasteiger partial charge < -0.3 is 15.0 Å². The van der Waals surface area contributed by atoms with E-state index in [9.17, 15) is 18.0 Å². The van der Waals surface area contributed by atoms with Crippen molar-refractivity contribution in [1.29, 1.82) is 0 Å². The molecule has 33 heavy (non-hydrogen) atoms. The van der Waals surface area contributed by atoms with Crippen molar-refractivity contribution in [3.05, 3.63) is 88.6 Å². The lowest BCUT2D eigenvalue weighted by molar-refractivity contribution is 0.133. The maximum Gasteiger partial charge on any atom is 0.407 e. The van der Waals surface area contributed by atoms with E-state index in [-0.39, 0.29) is 23.9 Å². The standard InChI is InChI=1S/C23H20ClF3N4O2/c24-21-10-22(29-13-28-21)31-7-6-15(16-8-18(26)19(27)9-17(16)25)20(11-31)30-23(32)33-12-14-4-2-1-3-5-14/h1-5,8-10,13,15,20H,6-7,11-12H2,(H,30,32)/t15-,20+/m1/s1. The molecular formula is C23H20ClF3N4O2. The second kappa shape index (κ2) is 10.1. The van der Waals surface area contributed by atoms with E-state index in [4.69, 9.17) is 16.3 Å². The van der Waals surface area contributed by atoms with Gasteiger partial charge in [-0.1, -0.05) is 41.9 Å². The molecule has 1 amide bonds. The zero-order valence-corrected chi connectivity index (χ0v) is 18.1. The lowest BCUT2D eigenvalue weighted by atomic mass is 9.84. The van der Waals surface area contributed by atoms with Crippen LogP contribution in [0, 0.1) is 17.5 Å². The number of benzene rings is 2. The van der Waals surface area contributed by atoms with Crippen LogP contribution < -0.4 is 10.2 Å². The minimum atomic E-state index is -1.27. The Hall–Kier alpha value is -3.33. The number of hydrogen-bond acceptors (Lipinski definition) is 5. The van der Waals surface area contributed by atoms with Crippen LogP contribution in [0.1, 0.15) is 23.5 Å². The molecule has 1 aliphatic rings. The first-order valence-electron chi connectivity index (χ1n) is 10.2. The molecule has 0 radical (unpaired) electrons. The van der Waals surface area contributed by atoms with Gasteiger partial charge in [0.05, 0.1) is 6.04 Å². The summed E-state index contributed by atoms with van der Waals surface area (Å²) in [5.41, 5.74) is 0.791. The fraction of sp³-hybridized carbons (Fsp3) is 0.261. The first-order valence-corrected chi connectivity index (χ1v) is 10.6. The Kier molecular flexibility index (Phi) is 6.98. The van der Waals surface area contributed by atoms with E-state index < -0.39 is 35.5 Å². The molecule has 0 unspecified atom stereocenters. The Labute approximate surface area is 193 Å². The van der Waals surface area contributed by atoms with Gasteiger partial charge in [0, 0.05) is 31.1 Å². The Morgan fingerprint density at radius 3 is 2.61 bits per heavy atom. The van der Waals surface area contributed by atoms with Crippen molar-refractivity contribution in [2.75, 3.05) is 18.0 Å². The highest BCUT2D eigenvalue weighted by molar-refractivity contribution is 6.29. The van der Waals surface area contributed by atoms with Crippen LogP contribution in [0.3, 0.4) is 0 Å². The van der Waals surface area contributed by atoms with Crippen molar-refractivity contribution < 1.29 is 22.7 Å². The van der Waals surface area contributed by atoms with Gasteiger partial charge in [-0.05, 0) is 23.6 Å². The Balaban J connectivity index is 1.55. The second-order valence-corrected chi connectivity index (χ2v) is 8.03. The summed E-state index contributed by atoms with van der Waals surface area (Å²) >= 11 is 5.97. The number of aromatic nitrogens is 2. The van der Waals surface area contributed by atoms with Gasteiger partial charge in [0.25, 0.3) is 0 Å². The fourth-order valence-electron chi connectivity index (χ4n) is 3.91. The highest BCUT2D eigenvalue weighted by Gasteiger charge is 2.34. The number of piperidine rings is 1. The van der Waals surface area contributed by atoms with Gasteiger partial charge in [-0.2, -0.15) is 0 Å². The van der Waals surface area contributed by atoms with Gasteiger partial charge in [0.2, 0.25) is 0 Å². The predicted octanol–water partition coefficient (Wildman–Crippen LogP) is 4.84. The van der Waals surface area contributed by atoms with Crippen molar-refractivity contribution in [2.24, 2.45) is 0 Å². The minimum Gasteiger partial charge on any atom is -0.445 e. The molecule has 0 aliphatic carbocycles. The maximum absolute atomic E-state index is 14.6. The van der Waals surface area contributed by atoms with Crippen LogP contribution >= 0.6 is 11.6 Å². The first kappa shape index (κ1) is 22.8. The average Bonchev–Trinajstić information content (AvgIpc) is 2.81. The summed E-state index contributed by atoms with van der Waals surface area (Å²) in [4.78, 5) is 22.4. The summed E-state index contributed by atoms with van der Waals surface area (Å²) in [6, 6.07) is 11.4.